The number of rotatable bonds is 7. The van der Waals surface area contributed by atoms with Gasteiger partial charge in [0.1, 0.15) is 6.54 Å². The van der Waals surface area contributed by atoms with Crippen molar-refractivity contribution in [3.63, 3.8) is 0 Å². The Morgan fingerprint density at radius 2 is 1.94 bits per heavy atom. The van der Waals surface area contributed by atoms with Crippen LogP contribution < -0.4 is 0 Å². The number of nitrogens with zero attached hydrogens (tertiary/aromatic N) is 1. The fourth-order valence-electron chi connectivity index (χ4n) is 1.03. The predicted molar refractivity (Wildman–Crippen MR) is 70.7 cm³/mol. The molecule has 0 heterocycles. The van der Waals surface area contributed by atoms with E-state index in [1.54, 1.807) is 6.92 Å². The van der Waals surface area contributed by atoms with E-state index in [0.29, 0.717) is 10.7 Å². The largest absolute Gasteiger partial charge is 0.402 e. The molecule has 0 spiro atoms. The molecule has 0 bridgehead atoms. The third kappa shape index (κ3) is 8.46. The molecule has 10 heteroatoms. The Balaban J connectivity index is 4.71. The van der Waals surface area contributed by atoms with Crippen LogP contribution in [-0.2, 0) is 10.0 Å². The van der Waals surface area contributed by atoms with Gasteiger partial charge in [0.25, 0.3) is 0 Å². The zero-order valence-corrected chi connectivity index (χ0v) is 12.6. The summed E-state index contributed by atoms with van der Waals surface area (Å²) < 4.78 is 59.7. The number of alkyl halides is 3. The fourth-order valence-corrected chi connectivity index (χ4v) is 4.51. The molecule has 0 aliphatic carbocycles. The molecule has 0 N–H and O–H groups in total. The molecule has 3 nitrogen and oxygen atoms in total. The van der Waals surface area contributed by atoms with Crippen molar-refractivity contribution < 1.29 is 21.6 Å². The third-order valence-corrected chi connectivity index (χ3v) is 5.77. The Morgan fingerprint density at radius 1 is 1.41 bits per heavy atom. The molecule has 1 atom stereocenters. The summed E-state index contributed by atoms with van der Waals surface area (Å²) in [5.41, 5.74) is 0. The standard InChI is InChI=1S/C7H14F3NO2S4/c1-3-6(15-16-14)4-11(17(2,12)13)5-7(8,9)10/h6,14H,3-5H2,1-2H3. The second-order valence-electron chi connectivity index (χ2n) is 3.37. The van der Waals surface area contributed by atoms with E-state index < -0.39 is 22.7 Å². The molecule has 0 fully saturated rings. The van der Waals surface area contributed by atoms with E-state index in [1.807, 2.05) is 0 Å². The Labute approximate surface area is 112 Å². The molecule has 0 aromatic carbocycles. The van der Waals surface area contributed by atoms with Crippen molar-refractivity contribution in [1.29, 1.82) is 0 Å². The summed E-state index contributed by atoms with van der Waals surface area (Å²) in [7, 11) is -1.49. The van der Waals surface area contributed by atoms with Crippen LogP contribution in [0.2, 0.25) is 0 Å². The van der Waals surface area contributed by atoms with Gasteiger partial charge in [-0.25, -0.2) is 8.42 Å². The number of sulfonamides is 1. The quantitative estimate of drug-likeness (QED) is 0.576. The van der Waals surface area contributed by atoms with Gasteiger partial charge in [-0.3, -0.25) is 0 Å². The molecule has 0 saturated carbocycles. The van der Waals surface area contributed by atoms with Gasteiger partial charge >= 0.3 is 6.18 Å². The molecule has 1 unspecified atom stereocenters. The van der Waals surface area contributed by atoms with Crippen LogP contribution in [0.1, 0.15) is 13.3 Å². The lowest BCUT2D eigenvalue weighted by molar-refractivity contribution is -0.136. The summed E-state index contributed by atoms with van der Waals surface area (Å²) in [4.78, 5) is 0. The number of halogens is 3. The van der Waals surface area contributed by atoms with Crippen molar-refractivity contribution in [3.05, 3.63) is 0 Å². The van der Waals surface area contributed by atoms with E-state index in [-0.39, 0.29) is 11.8 Å². The van der Waals surface area contributed by atoms with Crippen molar-refractivity contribution in [2.24, 2.45) is 0 Å². The Morgan fingerprint density at radius 3 is 2.24 bits per heavy atom. The average Bonchev–Trinajstić information content (AvgIpc) is 2.12. The zero-order chi connectivity index (χ0) is 13.7. The van der Waals surface area contributed by atoms with Crippen molar-refractivity contribution in [1.82, 2.24) is 4.31 Å². The first-order valence-corrected chi connectivity index (χ1v) is 9.70. The maximum absolute atomic E-state index is 12.2. The minimum Gasteiger partial charge on any atom is -0.212 e. The van der Waals surface area contributed by atoms with Crippen LogP contribution in [0.4, 0.5) is 13.2 Å². The van der Waals surface area contributed by atoms with Crippen molar-refractivity contribution >= 4 is 42.3 Å². The first-order valence-electron chi connectivity index (χ1n) is 4.59. The summed E-state index contributed by atoms with van der Waals surface area (Å²) in [6.45, 7) is 0.183. The SMILES string of the molecule is CCC(CN(CC(F)(F)F)S(C)(=O)=O)SSS. The Bertz CT molecular complexity index is 320. The van der Waals surface area contributed by atoms with Crippen molar-refractivity contribution in [3.8, 4) is 0 Å². The fraction of sp³-hybridized carbons (Fsp3) is 1.00. The van der Waals surface area contributed by atoms with Gasteiger partial charge in [-0.1, -0.05) is 29.4 Å². The van der Waals surface area contributed by atoms with Crippen LogP contribution in [0.15, 0.2) is 0 Å². The van der Waals surface area contributed by atoms with E-state index in [0.717, 1.165) is 16.1 Å². The van der Waals surface area contributed by atoms with Crippen LogP contribution in [0.25, 0.3) is 0 Å². The molecular formula is C7H14F3NO2S4. The van der Waals surface area contributed by atoms with E-state index in [2.05, 4.69) is 11.7 Å². The average molecular weight is 329 g/mol. The van der Waals surface area contributed by atoms with Crippen molar-refractivity contribution in [2.75, 3.05) is 19.3 Å². The topological polar surface area (TPSA) is 37.4 Å². The molecule has 0 aromatic heterocycles. The second-order valence-corrected chi connectivity index (χ2v) is 8.73. The number of hydrogen-bond acceptors (Lipinski definition) is 5. The van der Waals surface area contributed by atoms with E-state index in [9.17, 15) is 21.6 Å². The molecule has 0 radical (unpaired) electrons. The van der Waals surface area contributed by atoms with E-state index >= 15 is 0 Å². The highest BCUT2D eigenvalue weighted by atomic mass is 33.5. The van der Waals surface area contributed by atoms with E-state index in [1.165, 1.54) is 10.8 Å². The monoisotopic (exact) mass is 329 g/mol. The molecule has 0 aliphatic rings. The van der Waals surface area contributed by atoms with Crippen LogP contribution in [-0.4, -0.2) is 43.5 Å². The molecular weight excluding hydrogens is 315 g/mol. The van der Waals surface area contributed by atoms with Gasteiger partial charge in [0.2, 0.25) is 10.0 Å². The van der Waals surface area contributed by atoms with Gasteiger partial charge in [-0.15, -0.1) is 0 Å². The minimum atomic E-state index is -4.53. The van der Waals surface area contributed by atoms with Crippen LogP contribution in [0.3, 0.4) is 0 Å². The van der Waals surface area contributed by atoms with Gasteiger partial charge in [-0.2, -0.15) is 17.5 Å². The molecule has 0 saturated heterocycles. The maximum Gasteiger partial charge on any atom is 0.402 e. The van der Waals surface area contributed by atoms with Gasteiger partial charge < -0.3 is 0 Å². The third-order valence-electron chi connectivity index (χ3n) is 1.87. The highest BCUT2D eigenvalue weighted by molar-refractivity contribution is 9.05. The van der Waals surface area contributed by atoms with Gasteiger partial charge in [-0.05, 0) is 16.2 Å². The highest BCUT2D eigenvalue weighted by Crippen LogP contribution is 2.32. The number of hydrogen-bond donors (Lipinski definition) is 1. The lowest BCUT2D eigenvalue weighted by Crippen LogP contribution is -2.41. The Hall–Kier alpha value is 0.750. The van der Waals surface area contributed by atoms with Gasteiger partial charge in [0, 0.05) is 11.8 Å². The second kappa shape index (κ2) is 7.37. The summed E-state index contributed by atoms with van der Waals surface area (Å²) in [5, 5.41) is -0.213. The first kappa shape index (κ1) is 17.8. The molecule has 0 aromatic rings. The Kier molecular flexibility index (Phi) is 7.69. The van der Waals surface area contributed by atoms with E-state index in [4.69, 9.17) is 0 Å². The molecule has 0 rings (SSSR count). The summed E-state index contributed by atoms with van der Waals surface area (Å²) in [6.07, 6.45) is -3.17. The normalized spacial score (nSPS) is 15.2. The first-order chi connectivity index (χ1) is 7.60. The lowest BCUT2D eigenvalue weighted by atomic mass is 10.3. The van der Waals surface area contributed by atoms with Crippen LogP contribution >= 0.6 is 32.3 Å². The van der Waals surface area contributed by atoms with Crippen LogP contribution in [0, 0.1) is 0 Å². The van der Waals surface area contributed by atoms with Gasteiger partial charge in [0.05, 0.1) is 6.26 Å². The molecule has 0 aliphatic heterocycles. The minimum absolute atomic E-state index is 0.160. The molecule has 17 heavy (non-hydrogen) atoms. The number of thiol groups is 1. The highest BCUT2D eigenvalue weighted by Gasteiger charge is 2.35. The predicted octanol–water partition coefficient (Wildman–Crippen LogP) is 2.82. The maximum atomic E-state index is 12.2. The lowest BCUT2D eigenvalue weighted by Gasteiger charge is -2.24. The van der Waals surface area contributed by atoms with Gasteiger partial charge in [0.15, 0.2) is 0 Å². The molecule has 0 amide bonds. The summed E-state index contributed by atoms with van der Waals surface area (Å²) in [5.74, 6) is 0. The summed E-state index contributed by atoms with van der Waals surface area (Å²) >= 11 is 3.88. The zero-order valence-electron chi connectivity index (χ0n) is 9.27. The smallest absolute Gasteiger partial charge is 0.212 e. The van der Waals surface area contributed by atoms with Crippen LogP contribution in [0.5, 0.6) is 0 Å². The summed E-state index contributed by atoms with van der Waals surface area (Å²) in [6, 6.07) is 0. The molecule has 104 valence electrons. The van der Waals surface area contributed by atoms with Crippen molar-refractivity contribution in [2.45, 2.75) is 24.8 Å².